The van der Waals surface area contributed by atoms with Crippen LogP contribution in [0.2, 0.25) is 0 Å². The number of hydrogen-bond acceptors (Lipinski definition) is 4. The summed E-state index contributed by atoms with van der Waals surface area (Å²) in [6.45, 7) is 2.06. The number of rotatable bonds is 4. The molecule has 4 heteroatoms. The van der Waals surface area contributed by atoms with Gasteiger partial charge in [-0.2, -0.15) is 0 Å². The molecule has 2 aromatic heterocycles. The van der Waals surface area contributed by atoms with Crippen molar-refractivity contribution in [2.75, 3.05) is 25.5 Å². The molecule has 3 rings (SSSR count). The van der Waals surface area contributed by atoms with Crippen molar-refractivity contribution in [1.82, 2.24) is 14.9 Å². The van der Waals surface area contributed by atoms with Crippen LogP contribution in [0.3, 0.4) is 0 Å². The molecule has 0 unspecified atom stereocenters. The molecule has 1 aliphatic rings. The van der Waals surface area contributed by atoms with E-state index in [0.29, 0.717) is 6.04 Å². The Labute approximate surface area is 126 Å². The molecule has 4 nitrogen and oxygen atoms in total. The Morgan fingerprint density at radius 3 is 2.86 bits per heavy atom. The van der Waals surface area contributed by atoms with Crippen molar-refractivity contribution in [3.63, 3.8) is 0 Å². The second-order valence-corrected chi connectivity index (χ2v) is 5.79. The fourth-order valence-electron chi connectivity index (χ4n) is 2.98. The summed E-state index contributed by atoms with van der Waals surface area (Å²) >= 11 is 0. The molecule has 0 radical (unpaired) electrons. The average Bonchev–Trinajstić information content (AvgIpc) is 2.96. The van der Waals surface area contributed by atoms with Crippen molar-refractivity contribution >= 4 is 5.82 Å². The van der Waals surface area contributed by atoms with Gasteiger partial charge >= 0.3 is 0 Å². The van der Waals surface area contributed by atoms with E-state index < -0.39 is 0 Å². The molecule has 1 fully saturated rings. The second-order valence-electron chi connectivity index (χ2n) is 5.79. The van der Waals surface area contributed by atoms with Crippen LogP contribution < -0.4 is 4.90 Å². The zero-order chi connectivity index (χ0) is 14.7. The Morgan fingerprint density at radius 1 is 1.19 bits per heavy atom. The van der Waals surface area contributed by atoms with Crippen molar-refractivity contribution < 1.29 is 0 Å². The summed E-state index contributed by atoms with van der Waals surface area (Å²) in [6.07, 6.45) is 6.25. The fraction of sp³-hybridized carbons (Fsp3) is 0.412. The van der Waals surface area contributed by atoms with E-state index in [9.17, 15) is 0 Å². The number of hydrogen-bond donors (Lipinski definition) is 0. The summed E-state index contributed by atoms with van der Waals surface area (Å²) in [5, 5.41) is 0. The van der Waals surface area contributed by atoms with Crippen molar-refractivity contribution in [3.05, 3.63) is 54.0 Å². The molecule has 1 saturated heterocycles. The molecule has 0 bridgehead atoms. The number of pyridine rings is 2. The standard InChI is InChI=1S/C17H22N4/c1-20(2)17-12-14(8-10-19-17)16-7-5-11-21(16)13-15-6-3-4-9-18-15/h3-4,6,8-10,12,16H,5,7,11,13H2,1-2H3/t16-/m0/s1. The lowest BCUT2D eigenvalue weighted by atomic mass is 10.1. The molecule has 0 amide bonds. The van der Waals surface area contributed by atoms with E-state index in [-0.39, 0.29) is 0 Å². The Morgan fingerprint density at radius 2 is 2.10 bits per heavy atom. The molecule has 0 saturated carbocycles. The highest BCUT2D eigenvalue weighted by molar-refractivity contribution is 5.40. The van der Waals surface area contributed by atoms with Crippen LogP contribution in [-0.2, 0) is 6.54 Å². The second kappa shape index (κ2) is 6.22. The minimum absolute atomic E-state index is 0.480. The van der Waals surface area contributed by atoms with Gasteiger partial charge in [0.25, 0.3) is 0 Å². The number of nitrogens with zero attached hydrogens (tertiary/aromatic N) is 4. The molecule has 0 spiro atoms. The molecule has 1 atom stereocenters. The largest absolute Gasteiger partial charge is 0.363 e. The highest BCUT2D eigenvalue weighted by Crippen LogP contribution is 2.33. The van der Waals surface area contributed by atoms with Crippen LogP contribution in [0.15, 0.2) is 42.7 Å². The molecule has 0 N–H and O–H groups in total. The smallest absolute Gasteiger partial charge is 0.128 e. The van der Waals surface area contributed by atoms with Gasteiger partial charge in [0.05, 0.1) is 5.69 Å². The predicted molar refractivity (Wildman–Crippen MR) is 85.2 cm³/mol. The van der Waals surface area contributed by atoms with Crippen LogP contribution in [0.4, 0.5) is 5.82 Å². The van der Waals surface area contributed by atoms with Crippen molar-refractivity contribution in [2.24, 2.45) is 0 Å². The summed E-state index contributed by atoms with van der Waals surface area (Å²) in [5.74, 6) is 1.03. The van der Waals surface area contributed by atoms with E-state index >= 15 is 0 Å². The van der Waals surface area contributed by atoms with Crippen molar-refractivity contribution in [3.8, 4) is 0 Å². The van der Waals surface area contributed by atoms with E-state index in [1.54, 1.807) is 0 Å². The van der Waals surface area contributed by atoms with Gasteiger partial charge in [-0.25, -0.2) is 4.98 Å². The van der Waals surface area contributed by atoms with E-state index in [0.717, 1.165) is 24.6 Å². The lowest BCUT2D eigenvalue weighted by molar-refractivity contribution is 0.245. The molecular formula is C17H22N4. The molecule has 3 heterocycles. The first-order valence-corrected chi connectivity index (χ1v) is 7.51. The minimum Gasteiger partial charge on any atom is -0.363 e. The van der Waals surface area contributed by atoms with Gasteiger partial charge in [0.1, 0.15) is 5.82 Å². The summed E-state index contributed by atoms with van der Waals surface area (Å²) < 4.78 is 0. The maximum Gasteiger partial charge on any atom is 0.128 e. The highest BCUT2D eigenvalue weighted by atomic mass is 15.2. The van der Waals surface area contributed by atoms with E-state index in [2.05, 4.69) is 44.0 Å². The van der Waals surface area contributed by atoms with Gasteiger partial charge in [-0.15, -0.1) is 0 Å². The summed E-state index contributed by atoms with van der Waals surface area (Å²) in [7, 11) is 4.07. The maximum atomic E-state index is 4.45. The van der Waals surface area contributed by atoms with Gasteiger partial charge in [-0.1, -0.05) is 6.07 Å². The minimum atomic E-state index is 0.480. The van der Waals surface area contributed by atoms with Crippen LogP contribution in [0.25, 0.3) is 0 Å². The zero-order valence-electron chi connectivity index (χ0n) is 12.7. The lowest BCUT2D eigenvalue weighted by Gasteiger charge is -2.25. The van der Waals surface area contributed by atoms with Crippen molar-refractivity contribution in [2.45, 2.75) is 25.4 Å². The van der Waals surface area contributed by atoms with Gasteiger partial charge < -0.3 is 4.90 Å². The summed E-state index contributed by atoms with van der Waals surface area (Å²) in [5.41, 5.74) is 2.51. The molecule has 110 valence electrons. The van der Waals surface area contributed by atoms with Crippen LogP contribution in [-0.4, -0.2) is 35.5 Å². The van der Waals surface area contributed by atoms with Gasteiger partial charge in [0.2, 0.25) is 0 Å². The molecule has 1 aliphatic heterocycles. The lowest BCUT2D eigenvalue weighted by Crippen LogP contribution is -2.23. The SMILES string of the molecule is CN(C)c1cc([C@@H]2CCCN2Cc2ccccn2)ccn1. The van der Waals surface area contributed by atoms with Crippen molar-refractivity contribution in [1.29, 1.82) is 0 Å². The first-order chi connectivity index (χ1) is 10.2. The monoisotopic (exact) mass is 282 g/mol. The number of aromatic nitrogens is 2. The first-order valence-electron chi connectivity index (χ1n) is 7.51. The molecular weight excluding hydrogens is 260 g/mol. The highest BCUT2D eigenvalue weighted by Gasteiger charge is 2.26. The Hall–Kier alpha value is -1.94. The topological polar surface area (TPSA) is 32.3 Å². The Balaban J connectivity index is 1.79. The average molecular weight is 282 g/mol. The van der Waals surface area contributed by atoms with E-state index in [1.165, 1.54) is 18.4 Å². The number of anilines is 1. The Kier molecular flexibility index (Phi) is 4.15. The zero-order valence-corrected chi connectivity index (χ0v) is 12.7. The van der Waals surface area contributed by atoms with Crippen LogP contribution in [0.1, 0.15) is 30.1 Å². The first kappa shape index (κ1) is 14.0. The third-order valence-corrected chi connectivity index (χ3v) is 4.07. The number of likely N-dealkylation sites (tertiary alicyclic amines) is 1. The normalized spacial score (nSPS) is 18.9. The molecule has 21 heavy (non-hydrogen) atoms. The van der Waals surface area contributed by atoms with Crippen LogP contribution in [0.5, 0.6) is 0 Å². The quantitative estimate of drug-likeness (QED) is 0.863. The third-order valence-electron chi connectivity index (χ3n) is 4.07. The van der Waals surface area contributed by atoms with Gasteiger partial charge in [-0.05, 0) is 49.2 Å². The maximum absolute atomic E-state index is 4.45. The van der Waals surface area contributed by atoms with E-state index in [4.69, 9.17) is 0 Å². The summed E-state index contributed by atoms with van der Waals surface area (Å²) in [4.78, 5) is 13.5. The fourth-order valence-corrected chi connectivity index (χ4v) is 2.98. The molecule has 0 aliphatic carbocycles. The van der Waals surface area contributed by atoms with E-state index in [1.807, 2.05) is 32.6 Å². The predicted octanol–water partition coefficient (Wildman–Crippen LogP) is 2.88. The van der Waals surface area contributed by atoms with Gasteiger partial charge in [0, 0.05) is 39.1 Å². The van der Waals surface area contributed by atoms with Crippen LogP contribution >= 0.6 is 0 Å². The molecule has 0 aromatic carbocycles. The Bertz CT molecular complexity index is 582. The van der Waals surface area contributed by atoms with Crippen LogP contribution in [0, 0.1) is 0 Å². The van der Waals surface area contributed by atoms with Gasteiger partial charge in [0.15, 0.2) is 0 Å². The molecule has 2 aromatic rings. The van der Waals surface area contributed by atoms with Gasteiger partial charge in [-0.3, -0.25) is 9.88 Å². The summed E-state index contributed by atoms with van der Waals surface area (Å²) in [6, 6.07) is 11.0. The third kappa shape index (κ3) is 3.22.